The number of thioether (sulfide) groups is 1. The Morgan fingerprint density at radius 3 is 2.67 bits per heavy atom. The molecular formula is C11H10F3NO2S. The maximum atomic E-state index is 12.5. The Morgan fingerprint density at radius 2 is 2.11 bits per heavy atom. The molecule has 3 nitrogen and oxygen atoms in total. The molecular weight excluding hydrogens is 267 g/mol. The molecule has 1 aliphatic heterocycles. The molecule has 0 saturated heterocycles. The summed E-state index contributed by atoms with van der Waals surface area (Å²) in [5.41, 5.74) is -0.229. The van der Waals surface area contributed by atoms with Crippen LogP contribution in [-0.2, 0) is 11.0 Å². The van der Waals surface area contributed by atoms with Crippen LogP contribution >= 0.6 is 11.8 Å². The van der Waals surface area contributed by atoms with Crippen LogP contribution in [0.25, 0.3) is 0 Å². The van der Waals surface area contributed by atoms with E-state index in [0.29, 0.717) is 10.6 Å². The quantitative estimate of drug-likeness (QED) is 0.828. The summed E-state index contributed by atoms with van der Waals surface area (Å²) in [5, 5.41) is 11.1. The predicted molar refractivity (Wildman–Crippen MR) is 61.8 cm³/mol. The molecule has 1 aliphatic rings. The van der Waals surface area contributed by atoms with Crippen molar-refractivity contribution in [1.82, 2.24) is 0 Å². The number of carboxylic acid groups (broad SMARTS) is 1. The number of fused-ring (bicyclic) bond motifs is 1. The number of aliphatic carboxylic acids is 1. The minimum atomic E-state index is -4.42. The largest absolute Gasteiger partial charge is 0.480 e. The van der Waals surface area contributed by atoms with Crippen molar-refractivity contribution in [1.29, 1.82) is 0 Å². The maximum absolute atomic E-state index is 12.5. The van der Waals surface area contributed by atoms with E-state index in [4.69, 9.17) is 5.11 Å². The first-order chi connectivity index (χ1) is 8.29. The van der Waals surface area contributed by atoms with E-state index in [1.807, 2.05) is 0 Å². The van der Waals surface area contributed by atoms with Crippen LogP contribution in [0.15, 0.2) is 23.1 Å². The van der Waals surface area contributed by atoms with E-state index in [1.165, 1.54) is 6.07 Å². The fraction of sp³-hybridized carbons (Fsp3) is 0.364. The molecule has 0 radical (unpaired) electrons. The van der Waals surface area contributed by atoms with Crippen molar-refractivity contribution in [3.63, 3.8) is 0 Å². The van der Waals surface area contributed by atoms with Gasteiger partial charge in [-0.05, 0) is 25.1 Å². The Morgan fingerprint density at radius 1 is 1.44 bits per heavy atom. The van der Waals surface area contributed by atoms with Crippen LogP contribution in [0, 0.1) is 0 Å². The smallest absolute Gasteiger partial charge is 0.416 e. The molecule has 98 valence electrons. The molecule has 18 heavy (non-hydrogen) atoms. The summed E-state index contributed by atoms with van der Waals surface area (Å²) in [4.78, 5) is 11.3. The summed E-state index contributed by atoms with van der Waals surface area (Å²) in [6, 6.07) is 2.96. The topological polar surface area (TPSA) is 49.3 Å². The SMILES string of the molecule is CC1Nc2ccc(C(F)(F)F)cc2SC1C(=O)O. The zero-order valence-electron chi connectivity index (χ0n) is 9.28. The van der Waals surface area contributed by atoms with Crippen molar-refractivity contribution in [2.75, 3.05) is 5.32 Å². The van der Waals surface area contributed by atoms with Gasteiger partial charge in [-0.15, -0.1) is 11.8 Å². The van der Waals surface area contributed by atoms with Crippen LogP contribution in [0.3, 0.4) is 0 Å². The molecule has 2 atom stereocenters. The van der Waals surface area contributed by atoms with Crippen molar-refractivity contribution in [2.45, 2.75) is 29.3 Å². The molecule has 0 fully saturated rings. The molecule has 1 heterocycles. The van der Waals surface area contributed by atoms with Crippen molar-refractivity contribution < 1.29 is 23.1 Å². The van der Waals surface area contributed by atoms with Gasteiger partial charge in [0.25, 0.3) is 0 Å². The lowest BCUT2D eigenvalue weighted by molar-refractivity contribution is -0.138. The van der Waals surface area contributed by atoms with Crippen LogP contribution in [0.4, 0.5) is 18.9 Å². The molecule has 0 aliphatic carbocycles. The average molecular weight is 277 g/mol. The molecule has 1 aromatic carbocycles. The lowest BCUT2D eigenvalue weighted by Crippen LogP contribution is -2.37. The first-order valence-electron chi connectivity index (χ1n) is 5.16. The number of alkyl halides is 3. The predicted octanol–water partition coefficient (Wildman–Crippen LogP) is 3.06. The number of hydrogen-bond acceptors (Lipinski definition) is 3. The van der Waals surface area contributed by atoms with Gasteiger partial charge < -0.3 is 10.4 Å². The van der Waals surface area contributed by atoms with Crippen LogP contribution in [0.1, 0.15) is 12.5 Å². The first-order valence-corrected chi connectivity index (χ1v) is 6.04. The van der Waals surface area contributed by atoms with Gasteiger partial charge in [-0.1, -0.05) is 0 Å². The van der Waals surface area contributed by atoms with Gasteiger partial charge in [-0.25, -0.2) is 0 Å². The van der Waals surface area contributed by atoms with Crippen LogP contribution in [-0.4, -0.2) is 22.4 Å². The highest BCUT2D eigenvalue weighted by molar-refractivity contribution is 8.00. The summed E-state index contributed by atoms with van der Waals surface area (Å²) in [6.45, 7) is 1.69. The molecule has 0 amide bonds. The molecule has 0 saturated carbocycles. The van der Waals surface area contributed by atoms with E-state index in [0.717, 1.165) is 23.9 Å². The number of carbonyl (C=O) groups is 1. The summed E-state index contributed by atoms with van der Waals surface area (Å²) in [6.07, 6.45) is -4.42. The number of benzene rings is 1. The van der Waals surface area contributed by atoms with Gasteiger partial charge in [-0.2, -0.15) is 13.2 Å². The second-order valence-corrected chi connectivity index (χ2v) is 5.20. The fourth-order valence-corrected chi connectivity index (χ4v) is 2.84. The monoisotopic (exact) mass is 277 g/mol. The van der Waals surface area contributed by atoms with Gasteiger partial charge in [0.2, 0.25) is 0 Å². The lowest BCUT2D eigenvalue weighted by Gasteiger charge is -2.29. The van der Waals surface area contributed by atoms with E-state index in [-0.39, 0.29) is 6.04 Å². The van der Waals surface area contributed by atoms with E-state index in [1.54, 1.807) is 6.92 Å². The lowest BCUT2D eigenvalue weighted by atomic mass is 10.1. The second-order valence-electron chi connectivity index (χ2n) is 4.02. The minimum absolute atomic E-state index is 0.315. The molecule has 2 N–H and O–H groups in total. The van der Waals surface area contributed by atoms with Crippen LogP contribution in [0.5, 0.6) is 0 Å². The van der Waals surface area contributed by atoms with Gasteiger partial charge in [0, 0.05) is 16.6 Å². The van der Waals surface area contributed by atoms with Crippen molar-refractivity contribution in [2.24, 2.45) is 0 Å². The fourth-order valence-electron chi connectivity index (χ4n) is 1.74. The van der Waals surface area contributed by atoms with E-state index in [2.05, 4.69) is 5.32 Å². The molecule has 7 heteroatoms. The summed E-state index contributed by atoms with van der Waals surface area (Å²) in [5.74, 6) is -1.04. The van der Waals surface area contributed by atoms with Gasteiger partial charge in [0.1, 0.15) is 5.25 Å². The van der Waals surface area contributed by atoms with Crippen molar-refractivity contribution in [3.8, 4) is 0 Å². The molecule has 0 spiro atoms. The summed E-state index contributed by atoms with van der Waals surface area (Å²) in [7, 11) is 0. The van der Waals surface area contributed by atoms with Crippen molar-refractivity contribution in [3.05, 3.63) is 23.8 Å². The summed E-state index contributed by atoms with van der Waals surface area (Å²) < 4.78 is 37.6. The van der Waals surface area contributed by atoms with Gasteiger partial charge in [0.05, 0.1) is 5.56 Å². The molecule has 1 aromatic rings. The van der Waals surface area contributed by atoms with E-state index in [9.17, 15) is 18.0 Å². The number of anilines is 1. The zero-order chi connectivity index (χ0) is 13.5. The Labute approximate surface area is 105 Å². The third-order valence-corrected chi connectivity index (χ3v) is 4.10. The first kappa shape index (κ1) is 13.1. The Kier molecular flexibility index (Phi) is 3.18. The highest BCUT2D eigenvalue weighted by Crippen LogP contribution is 2.41. The maximum Gasteiger partial charge on any atom is 0.416 e. The molecule has 2 rings (SSSR count). The minimum Gasteiger partial charge on any atom is -0.480 e. The normalized spacial score (nSPS) is 23.1. The van der Waals surface area contributed by atoms with E-state index < -0.39 is 23.0 Å². The van der Waals surface area contributed by atoms with Gasteiger partial charge in [-0.3, -0.25) is 4.79 Å². The number of rotatable bonds is 1. The molecule has 0 aromatic heterocycles. The second kappa shape index (κ2) is 4.38. The van der Waals surface area contributed by atoms with Crippen LogP contribution in [0.2, 0.25) is 0 Å². The zero-order valence-corrected chi connectivity index (χ0v) is 10.1. The third kappa shape index (κ3) is 2.40. The highest BCUT2D eigenvalue weighted by atomic mass is 32.2. The average Bonchev–Trinajstić information content (AvgIpc) is 2.25. The molecule has 0 bridgehead atoms. The molecule has 2 unspecified atom stereocenters. The summed E-state index contributed by atoms with van der Waals surface area (Å²) >= 11 is 0.941. The Bertz CT molecular complexity index is 490. The third-order valence-electron chi connectivity index (χ3n) is 2.64. The van der Waals surface area contributed by atoms with Crippen molar-refractivity contribution >= 4 is 23.4 Å². The Hall–Kier alpha value is -1.37. The van der Waals surface area contributed by atoms with E-state index >= 15 is 0 Å². The standard InChI is InChI=1S/C11H10F3NO2S/c1-5-9(10(16)17)18-8-4-6(11(12,13)14)2-3-7(8)15-5/h2-5,9,15H,1H3,(H,16,17). The number of halogens is 3. The number of hydrogen-bond donors (Lipinski definition) is 2. The number of carboxylic acids is 1. The van der Waals surface area contributed by atoms with Gasteiger partial charge in [0.15, 0.2) is 0 Å². The van der Waals surface area contributed by atoms with Crippen LogP contribution < -0.4 is 5.32 Å². The van der Waals surface area contributed by atoms with Gasteiger partial charge >= 0.3 is 12.1 Å². The number of nitrogens with one attached hydrogen (secondary N) is 1. The highest BCUT2D eigenvalue weighted by Gasteiger charge is 2.35. The Balaban J connectivity index is 2.37.